The summed E-state index contributed by atoms with van der Waals surface area (Å²) in [5, 5.41) is 5.81. The second kappa shape index (κ2) is 8.66. The first-order valence-corrected chi connectivity index (χ1v) is 6.99. The van der Waals surface area contributed by atoms with Gasteiger partial charge < -0.3 is 15.4 Å². The van der Waals surface area contributed by atoms with Gasteiger partial charge in [0.15, 0.2) is 0 Å². The number of nitrogens with one attached hydrogen (secondary N) is 2. The van der Waals surface area contributed by atoms with E-state index in [1.807, 2.05) is 12.1 Å². The Hall–Kier alpha value is -1.40. The van der Waals surface area contributed by atoms with Crippen molar-refractivity contribution in [2.75, 3.05) is 26.8 Å². The molecule has 0 radical (unpaired) electrons. The minimum Gasteiger partial charge on any atom is -0.383 e. The van der Waals surface area contributed by atoms with Gasteiger partial charge in [-0.3, -0.25) is 9.59 Å². The van der Waals surface area contributed by atoms with Crippen molar-refractivity contribution in [2.24, 2.45) is 0 Å². The molecule has 0 aliphatic rings. The van der Waals surface area contributed by atoms with E-state index in [1.165, 1.54) is 0 Å². The van der Waals surface area contributed by atoms with Gasteiger partial charge in [-0.15, -0.1) is 0 Å². The Morgan fingerprint density at radius 2 is 2.00 bits per heavy atom. The van der Waals surface area contributed by atoms with E-state index in [1.54, 1.807) is 19.2 Å². The molecule has 104 valence electrons. The number of amides is 2. The predicted octanol–water partition coefficient (Wildman–Crippen LogP) is 1.07. The van der Waals surface area contributed by atoms with Crippen LogP contribution < -0.4 is 10.6 Å². The number of hydrogen-bond donors (Lipinski definition) is 2. The Kier molecular flexibility index (Phi) is 7.14. The van der Waals surface area contributed by atoms with Crippen molar-refractivity contribution >= 4 is 27.7 Å². The van der Waals surface area contributed by atoms with Gasteiger partial charge in [0.05, 0.1) is 13.2 Å². The fourth-order valence-corrected chi connectivity index (χ4v) is 1.96. The van der Waals surface area contributed by atoms with Crippen LogP contribution in [0.1, 0.15) is 15.9 Å². The minimum atomic E-state index is -0.253. The van der Waals surface area contributed by atoms with E-state index in [0.717, 1.165) is 5.56 Å². The topological polar surface area (TPSA) is 67.4 Å². The summed E-state index contributed by atoms with van der Waals surface area (Å²) in [7, 11) is 1.56. The van der Waals surface area contributed by atoms with Crippen LogP contribution in [0.5, 0.6) is 0 Å². The molecule has 0 bridgehead atoms. The average molecular weight is 329 g/mol. The van der Waals surface area contributed by atoms with Crippen molar-refractivity contribution in [2.45, 2.75) is 5.33 Å². The summed E-state index contributed by atoms with van der Waals surface area (Å²) >= 11 is 3.33. The molecule has 2 N–H and O–H groups in total. The highest BCUT2D eigenvalue weighted by Crippen LogP contribution is 2.11. The molecule has 0 aromatic heterocycles. The lowest BCUT2D eigenvalue weighted by atomic mass is 10.1. The van der Waals surface area contributed by atoms with Crippen molar-refractivity contribution in [1.29, 1.82) is 0 Å². The Morgan fingerprint density at radius 1 is 1.26 bits per heavy atom. The lowest BCUT2D eigenvalue weighted by Gasteiger charge is -2.08. The Morgan fingerprint density at radius 3 is 2.68 bits per heavy atom. The summed E-state index contributed by atoms with van der Waals surface area (Å²) in [4.78, 5) is 23.3. The molecule has 6 heteroatoms. The molecule has 0 heterocycles. The Labute approximate surface area is 120 Å². The third kappa shape index (κ3) is 5.40. The number of ether oxygens (including phenoxy) is 1. The van der Waals surface area contributed by atoms with Gasteiger partial charge in [0.2, 0.25) is 5.91 Å². The van der Waals surface area contributed by atoms with Gasteiger partial charge in [0.25, 0.3) is 5.91 Å². The lowest BCUT2D eigenvalue weighted by Crippen LogP contribution is -2.38. The molecule has 1 aromatic rings. The van der Waals surface area contributed by atoms with Crippen LogP contribution in [0.25, 0.3) is 0 Å². The molecule has 5 nitrogen and oxygen atoms in total. The van der Waals surface area contributed by atoms with E-state index < -0.39 is 0 Å². The highest BCUT2D eigenvalue weighted by Gasteiger charge is 2.10. The summed E-state index contributed by atoms with van der Waals surface area (Å²) in [6.45, 7) is 0.842. The molecule has 0 saturated carbocycles. The van der Waals surface area contributed by atoms with E-state index >= 15 is 0 Å². The summed E-state index contributed by atoms with van der Waals surface area (Å²) in [5.41, 5.74) is 1.46. The molecular weight excluding hydrogens is 312 g/mol. The predicted molar refractivity (Wildman–Crippen MR) is 76.3 cm³/mol. The first-order chi connectivity index (χ1) is 9.19. The lowest BCUT2D eigenvalue weighted by molar-refractivity contribution is -0.120. The Balaban J connectivity index is 2.44. The van der Waals surface area contributed by atoms with E-state index in [9.17, 15) is 9.59 Å². The zero-order valence-electron chi connectivity index (χ0n) is 10.7. The molecule has 2 amide bonds. The monoisotopic (exact) mass is 328 g/mol. The highest BCUT2D eigenvalue weighted by atomic mass is 79.9. The first-order valence-electron chi connectivity index (χ1n) is 5.86. The van der Waals surface area contributed by atoms with Crippen LogP contribution in [0.4, 0.5) is 0 Å². The maximum atomic E-state index is 11.9. The first kappa shape index (κ1) is 15.7. The van der Waals surface area contributed by atoms with Crippen LogP contribution in [0.15, 0.2) is 24.3 Å². The minimum absolute atomic E-state index is 0.0425. The van der Waals surface area contributed by atoms with Crippen molar-refractivity contribution in [3.63, 3.8) is 0 Å². The van der Waals surface area contributed by atoms with Crippen molar-refractivity contribution in [3.8, 4) is 0 Å². The van der Waals surface area contributed by atoms with Gasteiger partial charge >= 0.3 is 0 Å². The van der Waals surface area contributed by atoms with Gasteiger partial charge in [0.1, 0.15) is 0 Å². The fourth-order valence-electron chi connectivity index (χ4n) is 1.47. The Bertz CT molecular complexity index is 438. The normalized spacial score (nSPS) is 10.0. The maximum Gasteiger partial charge on any atom is 0.252 e. The number of halogens is 1. The van der Waals surface area contributed by atoms with Crippen LogP contribution >= 0.6 is 15.9 Å². The smallest absolute Gasteiger partial charge is 0.252 e. The maximum absolute atomic E-state index is 11.9. The van der Waals surface area contributed by atoms with Gasteiger partial charge in [-0.2, -0.15) is 0 Å². The summed E-state index contributed by atoms with van der Waals surface area (Å²) in [5.74, 6) is -0.487. The number of benzene rings is 1. The van der Waals surface area contributed by atoms with Crippen LogP contribution in [0.2, 0.25) is 0 Å². The van der Waals surface area contributed by atoms with E-state index in [2.05, 4.69) is 26.6 Å². The summed E-state index contributed by atoms with van der Waals surface area (Å²) in [6, 6.07) is 7.25. The van der Waals surface area contributed by atoms with Crippen molar-refractivity contribution in [1.82, 2.24) is 10.6 Å². The molecule has 1 rings (SSSR count). The van der Waals surface area contributed by atoms with Crippen LogP contribution in [0.3, 0.4) is 0 Å². The zero-order valence-corrected chi connectivity index (χ0v) is 12.3. The molecule has 0 aliphatic carbocycles. The second-order valence-corrected chi connectivity index (χ2v) is 4.38. The highest BCUT2D eigenvalue weighted by molar-refractivity contribution is 9.08. The van der Waals surface area contributed by atoms with Crippen molar-refractivity contribution < 1.29 is 14.3 Å². The molecular formula is C13H17BrN2O3. The third-order valence-corrected chi connectivity index (χ3v) is 3.05. The second-order valence-electron chi connectivity index (χ2n) is 3.82. The van der Waals surface area contributed by atoms with Gasteiger partial charge in [-0.05, 0) is 11.6 Å². The SMILES string of the molecule is COCCNC(=O)CNC(=O)c1ccccc1CBr. The van der Waals surface area contributed by atoms with Gasteiger partial charge in [-0.1, -0.05) is 34.1 Å². The number of carbonyl (C=O) groups excluding carboxylic acids is 2. The van der Waals surface area contributed by atoms with E-state index in [-0.39, 0.29) is 18.4 Å². The number of hydrogen-bond acceptors (Lipinski definition) is 3. The largest absolute Gasteiger partial charge is 0.383 e. The zero-order chi connectivity index (χ0) is 14.1. The summed E-state index contributed by atoms with van der Waals surface area (Å²) < 4.78 is 4.81. The number of methoxy groups -OCH3 is 1. The standard InChI is InChI=1S/C13H17BrN2O3/c1-19-7-6-15-12(17)9-16-13(18)11-5-3-2-4-10(11)8-14/h2-5H,6-9H2,1H3,(H,15,17)(H,16,18). The van der Waals surface area contributed by atoms with Crippen LogP contribution in [-0.2, 0) is 14.9 Å². The molecule has 0 atom stereocenters. The molecule has 0 spiro atoms. The van der Waals surface area contributed by atoms with Crippen molar-refractivity contribution in [3.05, 3.63) is 35.4 Å². The average Bonchev–Trinajstić information content (AvgIpc) is 2.45. The number of alkyl halides is 1. The molecule has 0 saturated heterocycles. The molecule has 19 heavy (non-hydrogen) atoms. The quantitative estimate of drug-likeness (QED) is 0.581. The number of carbonyl (C=O) groups is 2. The molecule has 0 fully saturated rings. The third-order valence-electron chi connectivity index (χ3n) is 2.44. The summed E-state index contributed by atoms with van der Waals surface area (Å²) in [6.07, 6.45) is 0. The van der Waals surface area contributed by atoms with E-state index in [0.29, 0.717) is 24.0 Å². The number of rotatable bonds is 7. The fraction of sp³-hybridized carbons (Fsp3) is 0.385. The molecule has 1 aromatic carbocycles. The molecule has 0 unspecified atom stereocenters. The van der Waals surface area contributed by atoms with E-state index in [4.69, 9.17) is 4.74 Å². The van der Waals surface area contributed by atoms with Gasteiger partial charge in [-0.25, -0.2) is 0 Å². The van der Waals surface area contributed by atoms with Crippen LogP contribution in [0, 0.1) is 0 Å². The molecule has 0 aliphatic heterocycles. The van der Waals surface area contributed by atoms with Gasteiger partial charge in [0, 0.05) is 24.5 Å². The van der Waals surface area contributed by atoms with Crippen LogP contribution in [-0.4, -0.2) is 38.6 Å².